The fourth-order valence-corrected chi connectivity index (χ4v) is 1.36. The third-order valence-corrected chi connectivity index (χ3v) is 2.41. The molecule has 0 radical (unpaired) electrons. The van der Waals surface area contributed by atoms with Crippen molar-refractivity contribution in [2.24, 2.45) is 5.92 Å². The Hall–Kier alpha value is -0.520. The molecule has 0 saturated heterocycles. The second kappa shape index (κ2) is 6.05. The van der Waals surface area contributed by atoms with Crippen molar-refractivity contribution < 1.29 is 0 Å². The molecule has 0 N–H and O–H groups in total. The SMILES string of the molecule is CC=CC(C)CC(C)=C(C)CC. The minimum atomic E-state index is 0.691. The molecule has 0 amide bonds. The standard InChI is InChI=1S/C12H22/c1-6-8-10(3)9-12(5)11(4)7-2/h6,8,10H,7,9H2,1-5H3. The van der Waals surface area contributed by atoms with Crippen LogP contribution in [0, 0.1) is 5.92 Å². The van der Waals surface area contributed by atoms with E-state index in [1.807, 2.05) is 0 Å². The molecule has 0 heteroatoms. The lowest BCUT2D eigenvalue weighted by Crippen LogP contribution is -1.92. The van der Waals surface area contributed by atoms with Crippen LogP contribution in [0.4, 0.5) is 0 Å². The Labute approximate surface area is 77.4 Å². The predicted molar refractivity (Wildman–Crippen MR) is 57.3 cm³/mol. The second-order valence-electron chi connectivity index (χ2n) is 3.62. The molecule has 1 atom stereocenters. The van der Waals surface area contributed by atoms with E-state index in [1.54, 1.807) is 11.1 Å². The van der Waals surface area contributed by atoms with Crippen molar-refractivity contribution in [3.05, 3.63) is 23.3 Å². The van der Waals surface area contributed by atoms with E-state index in [4.69, 9.17) is 0 Å². The first-order valence-corrected chi connectivity index (χ1v) is 4.89. The third-order valence-electron chi connectivity index (χ3n) is 2.41. The van der Waals surface area contributed by atoms with Gasteiger partial charge in [-0.2, -0.15) is 0 Å². The average Bonchev–Trinajstić information content (AvgIpc) is 2.03. The smallest absolute Gasteiger partial charge is 0.0225 e. The Morgan fingerprint density at radius 2 is 1.83 bits per heavy atom. The lowest BCUT2D eigenvalue weighted by atomic mass is 9.97. The summed E-state index contributed by atoms with van der Waals surface area (Å²) in [6.45, 7) is 11.1. The minimum absolute atomic E-state index is 0.691. The van der Waals surface area contributed by atoms with E-state index in [0.29, 0.717) is 5.92 Å². The van der Waals surface area contributed by atoms with Gasteiger partial charge in [0.25, 0.3) is 0 Å². The molecule has 0 aromatic rings. The Kier molecular flexibility index (Phi) is 5.79. The maximum Gasteiger partial charge on any atom is -0.0225 e. The zero-order valence-electron chi connectivity index (χ0n) is 9.15. The van der Waals surface area contributed by atoms with E-state index in [0.717, 1.165) is 0 Å². The largest absolute Gasteiger partial charge is 0.0914 e. The van der Waals surface area contributed by atoms with E-state index in [2.05, 4.69) is 46.8 Å². The van der Waals surface area contributed by atoms with Gasteiger partial charge in [-0.15, -0.1) is 0 Å². The maximum absolute atomic E-state index is 2.27. The molecule has 0 aromatic carbocycles. The number of hydrogen-bond acceptors (Lipinski definition) is 0. The van der Waals surface area contributed by atoms with Crippen molar-refractivity contribution in [1.29, 1.82) is 0 Å². The Morgan fingerprint density at radius 1 is 1.25 bits per heavy atom. The van der Waals surface area contributed by atoms with Crippen molar-refractivity contribution in [3.8, 4) is 0 Å². The lowest BCUT2D eigenvalue weighted by Gasteiger charge is -2.09. The molecule has 0 aliphatic heterocycles. The molecular formula is C12H22. The number of hydrogen-bond donors (Lipinski definition) is 0. The van der Waals surface area contributed by atoms with Gasteiger partial charge in [-0.25, -0.2) is 0 Å². The van der Waals surface area contributed by atoms with Gasteiger partial charge in [-0.05, 0) is 39.5 Å². The summed E-state index contributed by atoms with van der Waals surface area (Å²) in [5, 5.41) is 0. The van der Waals surface area contributed by atoms with Gasteiger partial charge in [0.1, 0.15) is 0 Å². The van der Waals surface area contributed by atoms with Gasteiger partial charge in [0.15, 0.2) is 0 Å². The molecule has 0 aliphatic rings. The second-order valence-corrected chi connectivity index (χ2v) is 3.62. The van der Waals surface area contributed by atoms with Crippen LogP contribution in [0.3, 0.4) is 0 Å². The molecule has 0 nitrogen and oxygen atoms in total. The number of allylic oxidation sites excluding steroid dienone is 4. The van der Waals surface area contributed by atoms with Gasteiger partial charge in [0, 0.05) is 0 Å². The highest BCUT2D eigenvalue weighted by Gasteiger charge is 2.00. The molecule has 0 rings (SSSR count). The molecule has 0 bridgehead atoms. The van der Waals surface area contributed by atoms with Crippen molar-refractivity contribution in [2.75, 3.05) is 0 Å². The molecule has 0 spiro atoms. The van der Waals surface area contributed by atoms with Crippen molar-refractivity contribution in [1.82, 2.24) is 0 Å². The first-order valence-electron chi connectivity index (χ1n) is 4.89. The summed E-state index contributed by atoms with van der Waals surface area (Å²) in [6.07, 6.45) is 6.81. The maximum atomic E-state index is 2.27. The van der Waals surface area contributed by atoms with Gasteiger partial charge < -0.3 is 0 Å². The van der Waals surface area contributed by atoms with E-state index in [1.165, 1.54) is 12.8 Å². The van der Waals surface area contributed by atoms with Crippen LogP contribution >= 0.6 is 0 Å². The fourth-order valence-electron chi connectivity index (χ4n) is 1.36. The monoisotopic (exact) mass is 166 g/mol. The van der Waals surface area contributed by atoms with E-state index >= 15 is 0 Å². The van der Waals surface area contributed by atoms with Crippen LogP contribution in [0.15, 0.2) is 23.3 Å². The molecular weight excluding hydrogens is 144 g/mol. The summed E-state index contributed by atoms with van der Waals surface area (Å²) in [7, 11) is 0. The molecule has 70 valence electrons. The highest BCUT2D eigenvalue weighted by Crippen LogP contribution is 2.17. The third kappa shape index (κ3) is 4.38. The molecule has 12 heavy (non-hydrogen) atoms. The summed E-state index contributed by atoms with van der Waals surface area (Å²) in [5.41, 5.74) is 3.11. The summed E-state index contributed by atoms with van der Waals surface area (Å²) < 4.78 is 0. The minimum Gasteiger partial charge on any atom is -0.0914 e. The summed E-state index contributed by atoms with van der Waals surface area (Å²) in [6, 6.07) is 0. The highest BCUT2D eigenvalue weighted by atomic mass is 14.1. The van der Waals surface area contributed by atoms with Crippen molar-refractivity contribution in [2.45, 2.75) is 47.5 Å². The van der Waals surface area contributed by atoms with Crippen molar-refractivity contribution >= 4 is 0 Å². The Bertz CT molecular complexity index is 172. The van der Waals surface area contributed by atoms with Gasteiger partial charge in [-0.3, -0.25) is 0 Å². The summed E-state index contributed by atoms with van der Waals surface area (Å²) >= 11 is 0. The van der Waals surface area contributed by atoms with Crippen LogP contribution in [0.5, 0.6) is 0 Å². The van der Waals surface area contributed by atoms with E-state index in [-0.39, 0.29) is 0 Å². The normalized spacial score (nSPS) is 16.4. The highest BCUT2D eigenvalue weighted by molar-refractivity contribution is 5.10. The zero-order valence-corrected chi connectivity index (χ0v) is 9.15. The van der Waals surface area contributed by atoms with Gasteiger partial charge in [0.2, 0.25) is 0 Å². The topological polar surface area (TPSA) is 0 Å². The van der Waals surface area contributed by atoms with Gasteiger partial charge >= 0.3 is 0 Å². The van der Waals surface area contributed by atoms with Gasteiger partial charge in [0.05, 0.1) is 0 Å². The van der Waals surface area contributed by atoms with Crippen LogP contribution in [-0.2, 0) is 0 Å². The fraction of sp³-hybridized carbons (Fsp3) is 0.667. The van der Waals surface area contributed by atoms with Crippen LogP contribution < -0.4 is 0 Å². The quantitative estimate of drug-likeness (QED) is 0.545. The van der Waals surface area contributed by atoms with Crippen molar-refractivity contribution in [3.63, 3.8) is 0 Å². The molecule has 0 heterocycles. The summed E-state index contributed by atoms with van der Waals surface area (Å²) in [5.74, 6) is 0.691. The zero-order chi connectivity index (χ0) is 9.56. The van der Waals surface area contributed by atoms with E-state index in [9.17, 15) is 0 Å². The Balaban J connectivity index is 4.07. The average molecular weight is 166 g/mol. The van der Waals surface area contributed by atoms with Crippen LogP contribution in [0.25, 0.3) is 0 Å². The predicted octanol–water partition coefficient (Wildman–Crippen LogP) is 4.34. The van der Waals surface area contributed by atoms with Crippen LogP contribution in [0.1, 0.15) is 47.5 Å². The van der Waals surface area contributed by atoms with Crippen LogP contribution in [0.2, 0.25) is 0 Å². The summed E-state index contributed by atoms with van der Waals surface area (Å²) in [4.78, 5) is 0. The van der Waals surface area contributed by atoms with Crippen LogP contribution in [-0.4, -0.2) is 0 Å². The molecule has 0 aromatic heterocycles. The molecule has 0 saturated carbocycles. The number of rotatable bonds is 4. The molecule has 0 aliphatic carbocycles. The lowest BCUT2D eigenvalue weighted by molar-refractivity contribution is 0.706. The molecule has 0 fully saturated rings. The van der Waals surface area contributed by atoms with E-state index < -0.39 is 0 Å². The molecule has 1 unspecified atom stereocenters. The first kappa shape index (κ1) is 11.5. The first-order chi connectivity index (χ1) is 5.61. The van der Waals surface area contributed by atoms with Gasteiger partial charge in [-0.1, -0.05) is 37.1 Å². The Morgan fingerprint density at radius 3 is 2.25 bits per heavy atom.